The van der Waals surface area contributed by atoms with Crippen molar-refractivity contribution >= 4 is 18.6 Å². The van der Waals surface area contributed by atoms with Gasteiger partial charge in [-0.2, -0.15) is 0 Å². The molecule has 0 N–H and O–H groups in total. The molecule has 7 heteroatoms. The topological polar surface area (TPSA) is 70.8 Å². The highest BCUT2D eigenvalue weighted by atomic mass is 16.7. The molecule has 1 aliphatic heterocycles. The number of carbonyl (C=O) groups excluding carboxylic acids is 1. The van der Waals surface area contributed by atoms with Gasteiger partial charge in [-0.15, -0.1) is 0 Å². The first-order chi connectivity index (χ1) is 8.69. The van der Waals surface area contributed by atoms with E-state index in [1.54, 1.807) is 6.92 Å². The van der Waals surface area contributed by atoms with Crippen molar-refractivity contribution < 1.29 is 23.4 Å². The molecule has 19 heavy (non-hydrogen) atoms. The molecule has 0 radical (unpaired) electrons. The molecular formula is C12H18BNO5. The largest absolute Gasteiger partial charge is 0.501 e. The fourth-order valence-corrected chi connectivity index (χ4v) is 1.86. The van der Waals surface area contributed by atoms with Crippen molar-refractivity contribution in [3.8, 4) is 0 Å². The second-order valence-electron chi connectivity index (χ2n) is 5.58. The lowest BCUT2D eigenvalue weighted by Gasteiger charge is -2.32. The smallest absolute Gasteiger partial charge is 0.464 e. The number of rotatable bonds is 2. The van der Waals surface area contributed by atoms with E-state index in [4.69, 9.17) is 13.8 Å². The average Bonchev–Trinajstić information content (AvgIpc) is 2.76. The van der Waals surface area contributed by atoms with Gasteiger partial charge in [-0.25, -0.2) is 4.79 Å². The number of nitrogens with zero attached hydrogens (tertiary/aromatic N) is 1. The number of hydrogen-bond donors (Lipinski definition) is 0. The molecule has 6 nitrogen and oxygen atoms in total. The van der Waals surface area contributed by atoms with Gasteiger partial charge < -0.3 is 18.6 Å². The van der Waals surface area contributed by atoms with Gasteiger partial charge in [0.05, 0.1) is 23.8 Å². The van der Waals surface area contributed by atoms with Crippen LogP contribution in [0, 0.1) is 6.92 Å². The van der Waals surface area contributed by atoms with Crippen LogP contribution in [0.15, 0.2) is 4.52 Å². The minimum absolute atomic E-state index is 0.0958. The molecular weight excluding hydrogens is 249 g/mol. The third-order valence-corrected chi connectivity index (χ3v) is 3.78. The van der Waals surface area contributed by atoms with Gasteiger partial charge in [-0.3, -0.25) is 0 Å². The summed E-state index contributed by atoms with van der Waals surface area (Å²) >= 11 is 0. The van der Waals surface area contributed by atoms with Crippen molar-refractivity contribution in [2.45, 2.75) is 45.8 Å². The third-order valence-electron chi connectivity index (χ3n) is 3.78. The molecule has 2 rings (SSSR count). The molecule has 1 aliphatic rings. The summed E-state index contributed by atoms with van der Waals surface area (Å²) in [5.41, 5.74) is -0.396. The summed E-state index contributed by atoms with van der Waals surface area (Å²) in [6.07, 6.45) is 0. The zero-order valence-corrected chi connectivity index (χ0v) is 12.1. The normalized spacial score (nSPS) is 20.6. The predicted molar refractivity (Wildman–Crippen MR) is 68.3 cm³/mol. The third kappa shape index (κ3) is 2.17. The van der Waals surface area contributed by atoms with Crippen molar-refractivity contribution in [1.82, 2.24) is 5.16 Å². The van der Waals surface area contributed by atoms with Crippen molar-refractivity contribution in [1.29, 1.82) is 0 Å². The van der Waals surface area contributed by atoms with Crippen LogP contribution in [0.4, 0.5) is 0 Å². The Labute approximate surface area is 112 Å². The Morgan fingerprint density at radius 2 is 1.74 bits per heavy atom. The number of aryl methyl sites for hydroxylation is 1. The van der Waals surface area contributed by atoms with Crippen molar-refractivity contribution in [2.75, 3.05) is 7.11 Å². The number of esters is 1. The van der Waals surface area contributed by atoms with Gasteiger partial charge in [0.15, 0.2) is 5.69 Å². The van der Waals surface area contributed by atoms with Crippen molar-refractivity contribution in [3.63, 3.8) is 0 Å². The van der Waals surface area contributed by atoms with Crippen molar-refractivity contribution in [2.24, 2.45) is 0 Å². The molecule has 0 unspecified atom stereocenters. The minimum Gasteiger partial charge on any atom is -0.464 e. The molecule has 2 heterocycles. The summed E-state index contributed by atoms with van der Waals surface area (Å²) in [5, 5.41) is 3.72. The average molecular weight is 267 g/mol. The Morgan fingerprint density at radius 3 is 2.21 bits per heavy atom. The Morgan fingerprint density at radius 1 is 1.21 bits per heavy atom. The maximum absolute atomic E-state index is 11.7. The van der Waals surface area contributed by atoms with Gasteiger partial charge in [0, 0.05) is 0 Å². The lowest BCUT2D eigenvalue weighted by Crippen LogP contribution is -2.41. The molecule has 1 saturated heterocycles. The van der Waals surface area contributed by atoms with Gasteiger partial charge in [0.2, 0.25) is 0 Å². The zero-order chi connectivity index (χ0) is 14.4. The van der Waals surface area contributed by atoms with Crippen LogP contribution in [-0.4, -0.2) is 36.6 Å². The van der Waals surface area contributed by atoms with Gasteiger partial charge in [0.25, 0.3) is 0 Å². The van der Waals surface area contributed by atoms with E-state index < -0.39 is 24.3 Å². The fourth-order valence-electron chi connectivity index (χ4n) is 1.86. The van der Waals surface area contributed by atoms with E-state index in [2.05, 4.69) is 9.89 Å². The second kappa shape index (κ2) is 4.35. The Balaban J connectivity index is 2.40. The molecule has 0 spiro atoms. The highest BCUT2D eigenvalue weighted by Gasteiger charge is 2.54. The van der Waals surface area contributed by atoms with Crippen molar-refractivity contribution in [3.05, 3.63) is 11.5 Å². The highest BCUT2D eigenvalue weighted by molar-refractivity contribution is 6.64. The van der Waals surface area contributed by atoms with Gasteiger partial charge in [-0.05, 0) is 34.6 Å². The molecule has 0 aliphatic carbocycles. The maximum Gasteiger partial charge on any atom is 0.501 e. The summed E-state index contributed by atoms with van der Waals surface area (Å²) < 4.78 is 21.5. The van der Waals surface area contributed by atoms with Crippen LogP contribution in [-0.2, 0) is 14.0 Å². The van der Waals surface area contributed by atoms with Crippen LogP contribution in [0.25, 0.3) is 0 Å². The number of aromatic nitrogens is 1. The standard InChI is InChI=1S/C12H18BNO5/c1-7-8(9(14-17-7)10(15)16-6)13-18-11(2,3)12(4,5)19-13/h1-6H3. The first kappa shape index (κ1) is 14.1. The Bertz CT molecular complexity index is 492. The predicted octanol–water partition coefficient (Wildman–Crippen LogP) is 1.07. The first-order valence-corrected chi connectivity index (χ1v) is 6.10. The quantitative estimate of drug-likeness (QED) is 0.589. The fraction of sp³-hybridized carbons (Fsp3) is 0.667. The Hall–Kier alpha value is -1.34. The first-order valence-electron chi connectivity index (χ1n) is 6.10. The van der Waals surface area contributed by atoms with E-state index >= 15 is 0 Å². The molecule has 0 atom stereocenters. The Kier molecular flexibility index (Phi) is 3.22. The van der Waals surface area contributed by atoms with E-state index in [1.807, 2.05) is 27.7 Å². The molecule has 0 aromatic carbocycles. The highest BCUT2D eigenvalue weighted by Crippen LogP contribution is 2.36. The minimum atomic E-state index is -0.689. The van der Waals surface area contributed by atoms with Crippen LogP contribution in [0.5, 0.6) is 0 Å². The molecule has 1 aromatic heterocycles. The van der Waals surface area contributed by atoms with Crippen LogP contribution in [0.2, 0.25) is 0 Å². The summed E-state index contributed by atoms with van der Waals surface area (Å²) in [5.74, 6) is -0.0829. The van der Waals surface area contributed by atoms with Gasteiger partial charge in [-0.1, -0.05) is 5.16 Å². The van der Waals surface area contributed by atoms with E-state index in [9.17, 15) is 4.79 Å². The van der Waals surface area contributed by atoms with Gasteiger partial charge in [0.1, 0.15) is 5.76 Å². The zero-order valence-electron chi connectivity index (χ0n) is 12.1. The molecule has 0 bridgehead atoms. The van der Waals surface area contributed by atoms with E-state index in [0.29, 0.717) is 11.2 Å². The number of hydrogen-bond acceptors (Lipinski definition) is 6. The lowest BCUT2D eigenvalue weighted by molar-refractivity contribution is 0.00578. The monoisotopic (exact) mass is 267 g/mol. The maximum atomic E-state index is 11.7. The second-order valence-corrected chi connectivity index (χ2v) is 5.58. The molecule has 0 saturated carbocycles. The van der Waals surface area contributed by atoms with Crippen LogP contribution in [0.1, 0.15) is 43.9 Å². The van der Waals surface area contributed by atoms with E-state index in [0.717, 1.165) is 0 Å². The summed E-state index contributed by atoms with van der Waals surface area (Å²) in [6.45, 7) is 9.46. The summed E-state index contributed by atoms with van der Waals surface area (Å²) in [4.78, 5) is 11.7. The van der Waals surface area contributed by atoms with Gasteiger partial charge >= 0.3 is 13.1 Å². The lowest BCUT2D eigenvalue weighted by atomic mass is 9.77. The van der Waals surface area contributed by atoms with Crippen LogP contribution >= 0.6 is 0 Å². The van der Waals surface area contributed by atoms with Crippen LogP contribution in [0.3, 0.4) is 0 Å². The summed E-state index contributed by atoms with van der Waals surface area (Å²) in [6, 6.07) is 0. The molecule has 0 amide bonds. The number of carbonyl (C=O) groups is 1. The molecule has 1 aromatic rings. The molecule has 1 fully saturated rings. The van der Waals surface area contributed by atoms with E-state index in [1.165, 1.54) is 7.11 Å². The van der Waals surface area contributed by atoms with Crippen LogP contribution < -0.4 is 5.46 Å². The molecule has 104 valence electrons. The number of ether oxygens (including phenoxy) is 1. The van der Waals surface area contributed by atoms with E-state index in [-0.39, 0.29) is 5.69 Å². The number of methoxy groups -OCH3 is 1. The summed E-state index contributed by atoms with van der Waals surface area (Å²) in [7, 11) is 0.603. The SMILES string of the molecule is COC(=O)c1noc(C)c1B1OC(C)(C)C(C)(C)O1.